The van der Waals surface area contributed by atoms with E-state index in [1.165, 1.54) is 37.1 Å². The Hall–Kier alpha value is -2.29. The van der Waals surface area contributed by atoms with E-state index in [2.05, 4.69) is 0 Å². The van der Waals surface area contributed by atoms with E-state index in [0.717, 1.165) is 23.6 Å². The van der Waals surface area contributed by atoms with Gasteiger partial charge in [0.2, 0.25) is 0 Å². The minimum absolute atomic E-state index is 0.0282. The van der Waals surface area contributed by atoms with Crippen LogP contribution in [-0.4, -0.2) is 49.0 Å². The third-order valence-electron chi connectivity index (χ3n) is 4.87. The third kappa shape index (κ3) is 3.11. The van der Waals surface area contributed by atoms with Crippen molar-refractivity contribution in [1.29, 1.82) is 0 Å². The van der Waals surface area contributed by atoms with Crippen LogP contribution in [0.15, 0.2) is 23.1 Å². The number of carboxylic acids is 1. The Kier molecular flexibility index (Phi) is 4.83. The fraction of sp³-hybridized carbons (Fsp3) is 0.529. The van der Waals surface area contributed by atoms with Gasteiger partial charge in [-0.05, 0) is 31.9 Å². The number of anilines is 1. The molecule has 1 aromatic carbocycles. The number of hydrogen-bond donors (Lipinski definition) is 1. The summed E-state index contributed by atoms with van der Waals surface area (Å²) in [5.41, 5.74) is 0.192. The van der Waals surface area contributed by atoms with E-state index in [9.17, 15) is 18.0 Å². The van der Waals surface area contributed by atoms with Gasteiger partial charge in [0, 0.05) is 13.1 Å². The minimum atomic E-state index is -3.96. The zero-order valence-corrected chi connectivity index (χ0v) is 15.5. The molecular weight excluding hydrogens is 360 g/mol. The number of carbonyl (C=O) groups excluding carboxylic acids is 1. The molecule has 1 heterocycles. The molecule has 1 aliphatic heterocycles. The Labute approximate surface area is 152 Å². The van der Waals surface area contributed by atoms with E-state index in [-0.39, 0.29) is 22.4 Å². The molecule has 1 aromatic rings. The Morgan fingerprint density at radius 3 is 2.54 bits per heavy atom. The first-order valence-corrected chi connectivity index (χ1v) is 10.0. The zero-order chi connectivity index (χ0) is 19.1. The SMILES string of the molecule is C[C@@H](Oc1ccc2c(c1)N(C)C(=O)N(C1CCCCC1)S2(=O)=O)C(=O)O. The van der Waals surface area contributed by atoms with E-state index in [1.807, 2.05) is 0 Å². The summed E-state index contributed by atoms with van der Waals surface area (Å²) in [6, 6.07) is 3.27. The summed E-state index contributed by atoms with van der Waals surface area (Å²) in [7, 11) is -2.45. The number of hydrogen-bond acceptors (Lipinski definition) is 5. The summed E-state index contributed by atoms with van der Waals surface area (Å²) in [5.74, 6) is -0.942. The molecule has 142 valence electrons. The van der Waals surface area contributed by atoms with Crippen molar-refractivity contribution in [2.45, 2.75) is 56.1 Å². The second-order valence-corrected chi connectivity index (χ2v) is 8.45. The van der Waals surface area contributed by atoms with Gasteiger partial charge in [0.05, 0.1) is 11.7 Å². The van der Waals surface area contributed by atoms with Gasteiger partial charge in [-0.15, -0.1) is 0 Å². The molecule has 2 amide bonds. The number of carbonyl (C=O) groups is 2. The maximum Gasteiger partial charge on any atom is 0.344 e. The van der Waals surface area contributed by atoms with Crippen LogP contribution in [0.5, 0.6) is 5.75 Å². The second-order valence-electron chi connectivity index (χ2n) is 6.66. The number of aliphatic carboxylic acids is 1. The second kappa shape index (κ2) is 6.79. The van der Waals surface area contributed by atoms with Crippen molar-refractivity contribution in [1.82, 2.24) is 4.31 Å². The van der Waals surface area contributed by atoms with Crippen LogP contribution in [-0.2, 0) is 14.8 Å². The molecule has 0 saturated heterocycles. The van der Waals surface area contributed by atoms with Gasteiger partial charge >= 0.3 is 12.0 Å². The van der Waals surface area contributed by atoms with Crippen LogP contribution < -0.4 is 9.64 Å². The lowest BCUT2D eigenvalue weighted by Gasteiger charge is -2.40. The number of nitrogens with zero attached hydrogens (tertiary/aromatic N) is 2. The molecular formula is C17H22N2O6S. The summed E-state index contributed by atoms with van der Waals surface area (Å²) in [6.45, 7) is 1.37. The predicted octanol–water partition coefficient (Wildman–Crippen LogP) is 2.43. The Morgan fingerprint density at radius 1 is 1.27 bits per heavy atom. The molecule has 1 fully saturated rings. The van der Waals surface area contributed by atoms with Crippen molar-refractivity contribution in [3.63, 3.8) is 0 Å². The summed E-state index contributed by atoms with van der Waals surface area (Å²) in [5, 5.41) is 8.95. The normalized spacial score (nSPS) is 21.2. The molecule has 0 aromatic heterocycles. The highest BCUT2D eigenvalue weighted by Gasteiger charge is 2.44. The molecule has 9 heteroatoms. The largest absolute Gasteiger partial charge is 0.479 e. The quantitative estimate of drug-likeness (QED) is 0.858. The molecule has 1 N–H and O–H groups in total. The molecule has 1 saturated carbocycles. The van der Waals surface area contributed by atoms with Crippen molar-refractivity contribution < 1.29 is 27.9 Å². The molecule has 3 rings (SSSR count). The van der Waals surface area contributed by atoms with Gasteiger partial charge in [-0.1, -0.05) is 19.3 Å². The molecule has 8 nitrogen and oxygen atoms in total. The fourth-order valence-corrected chi connectivity index (χ4v) is 5.28. The fourth-order valence-electron chi connectivity index (χ4n) is 3.43. The van der Waals surface area contributed by atoms with E-state index in [0.29, 0.717) is 12.8 Å². The lowest BCUT2D eigenvalue weighted by atomic mass is 9.95. The number of fused-ring (bicyclic) bond motifs is 1. The van der Waals surface area contributed by atoms with Crippen molar-refractivity contribution >= 4 is 27.7 Å². The highest BCUT2D eigenvalue weighted by atomic mass is 32.2. The van der Waals surface area contributed by atoms with E-state index >= 15 is 0 Å². The van der Waals surface area contributed by atoms with Crippen LogP contribution in [0.1, 0.15) is 39.0 Å². The number of benzene rings is 1. The van der Waals surface area contributed by atoms with Gasteiger partial charge in [0.25, 0.3) is 10.0 Å². The standard InChI is InChI=1S/C17H22N2O6S/c1-11(16(20)21)25-13-8-9-15-14(10-13)18(2)17(22)19(26(15,23)24)12-6-4-3-5-7-12/h8-12H,3-7H2,1-2H3,(H,20,21)/t11-/m1/s1. The first kappa shape index (κ1) is 18.5. The van der Waals surface area contributed by atoms with Crippen molar-refractivity contribution in [2.75, 3.05) is 11.9 Å². The maximum absolute atomic E-state index is 13.0. The Bertz CT molecular complexity index is 832. The number of carboxylic acid groups (broad SMARTS) is 1. The van der Waals surface area contributed by atoms with Crippen molar-refractivity contribution in [3.8, 4) is 5.75 Å². The zero-order valence-electron chi connectivity index (χ0n) is 14.7. The summed E-state index contributed by atoms with van der Waals surface area (Å²) < 4.78 is 32.4. The molecule has 26 heavy (non-hydrogen) atoms. The van der Waals surface area contributed by atoms with Crippen LogP contribution in [0.4, 0.5) is 10.5 Å². The maximum atomic E-state index is 13.0. The van der Waals surface area contributed by atoms with Crippen LogP contribution >= 0.6 is 0 Å². The number of ether oxygens (including phenoxy) is 1. The van der Waals surface area contributed by atoms with Crippen LogP contribution in [0.25, 0.3) is 0 Å². The van der Waals surface area contributed by atoms with Crippen molar-refractivity contribution in [3.05, 3.63) is 18.2 Å². The molecule has 0 spiro atoms. The summed E-state index contributed by atoms with van der Waals surface area (Å²) >= 11 is 0. The molecule has 0 bridgehead atoms. The third-order valence-corrected chi connectivity index (χ3v) is 6.74. The first-order valence-electron chi connectivity index (χ1n) is 8.59. The topological polar surface area (TPSA) is 104 Å². The van der Waals surface area contributed by atoms with Crippen molar-refractivity contribution in [2.24, 2.45) is 0 Å². The minimum Gasteiger partial charge on any atom is -0.479 e. The molecule has 0 radical (unpaired) electrons. The van der Waals surface area contributed by atoms with Gasteiger partial charge in [0.15, 0.2) is 6.10 Å². The van der Waals surface area contributed by atoms with Gasteiger partial charge in [-0.3, -0.25) is 4.90 Å². The Balaban J connectivity index is 1.99. The summed E-state index contributed by atoms with van der Waals surface area (Å²) in [6.07, 6.45) is 3.11. The average molecular weight is 382 g/mol. The van der Waals surface area contributed by atoms with Gasteiger partial charge in [0.1, 0.15) is 10.6 Å². The first-order chi connectivity index (χ1) is 12.2. The Morgan fingerprint density at radius 2 is 1.92 bits per heavy atom. The summed E-state index contributed by atoms with van der Waals surface area (Å²) in [4.78, 5) is 25.0. The van der Waals surface area contributed by atoms with Gasteiger partial charge in [-0.25, -0.2) is 22.3 Å². The monoisotopic (exact) mass is 382 g/mol. The number of sulfonamides is 1. The number of urea groups is 1. The number of amides is 2. The van der Waals surface area contributed by atoms with Gasteiger partial charge in [-0.2, -0.15) is 0 Å². The smallest absolute Gasteiger partial charge is 0.344 e. The van der Waals surface area contributed by atoms with E-state index in [1.54, 1.807) is 0 Å². The molecule has 0 unspecified atom stereocenters. The van der Waals surface area contributed by atoms with E-state index in [4.69, 9.17) is 9.84 Å². The van der Waals surface area contributed by atoms with Gasteiger partial charge < -0.3 is 9.84 Å². The van der Waals surface area contributed by atoms with E-state index < -0.39 is 28.1 Å². The average Bonchev–Trinajstić information content (AvgIpc) is 2.60. The van der Waals surface area contributed by atoms with Crippen LogP contribution in [0.2, 0.25) is 0 Å². The number of rotatable bonds is 4. The highest BCUT2D eigenvalue weighted by molar-refractivity contribution is 7.90. The highest BCUT2D eigenvalue weighted by Crippen LogP contribution is 2.39. The molecule has 2 aliphatic rings. The van der Waals surface area contributed by atoms with Crippen LogP contribution in [0.3, 0.4) is 0 Å². The molecule has 1 atom stereocenters. The predicted molar refractivity (Wildman–Crippen MR) is 93.9 cm³/mol. The van der Waals surface area contributed by atoms with Crippen LogP contribution in [0, 0.1) is 0 Å². The lowest BCUT2D eigenvalue weighted by molar-refractivity contribution is -0.144. The molecule has 1 aliphatic carbocycles. The lowest BCUT2D eigenvalue weighted by Crippen LogP contribution is -2.54.